The van der Waals surface area contributed by atoms with Gasteiger partial charge in [0.1, 0.15) is 0 Å². The van der Waals surface area contributed by atoms with E-state index in [9.17, 15) is 13.2 Å². The predicted octanol–water partition coefficient (Wildman–Crippen LogP) is 1.35. The van der Waals surface area contributed by atoms with Gasteiger partial charge in [-0.05, 0) is 36.9 Å². The van der Waals surface area contributed by atoms with Gasteiger partial charge in [0.2, 0.25) is 0 Å². The van der Waals surface area contributed by atoms with Gasteiger partial charge in [0.15, 0.2) is 9.84 Å². The van der Waals surface area contributed by atoms with Gasteiger partial charge in [-0.15, -0.1) is 11.8 Å². The van der Waals surface area contributed by atoms with Gasteiger partial charge in [-0.2, -0.15) is 0 Å². The second kappa shape index (κ2) is 6.83. The van der Waals surface area contributed by atoms with Crippen molar-refractivity contribution in [1.82, 2.24) is 9.80 Å². The van der Waals surface area contributed by atoms with Crippen LogP contribution in [0, 0.1) is 0 Å². The van der Waals surface area contributed by atoms with Crippen LogP contribution in [0.25, 0.3) is 0 Å². The summed E-state index contributed by atoms with van der Waals surface area (Å²) in [5, 5.41) is 0. The monoisotopic (exact) mass is 354 g/mol. The van der Waals surface area contributed by atoms with Crippen LogP contribution in [0.1, 0.15) is 16.8 Å². The fourth-order valence-electron chi connectivity index (χ4n) is 3.27. The Labute approximate surface area is 141 Å². The first-order valence-electron chi connectivity index (χ1n) is 7.86. The number of sulfone groups is 1. The summed E-state index contributed by atoms with van der Waals surface area (Å²) in [5.74, 6) is 0.645. The van der Waals surface area contributed by atoms with E-state index < -0.39 is 9.84 Å². The Balaban J connectivity index is 1.57. The lowest BCUT2D eigenvalue weighted by atomic mass is 10.1. The van der Waals surface area contributed by atoms with Gasteiger partial charge < -0.3 is 4.90 Å². The summed E-state index contributed by atoms with van der Waals surface area (Å²) < 4.78 is 23.2. The quantitative estimate of drug-likeness (QED) is 0.767. The molecular weight excluding hydrogens is 332 g/mol. The third-order valence-corrected chi connectivity index (χ3v) is 7.16. The van der Waals surface area contributed by atoms with Crippen molar-refractivity contribution >= 4 is 27.5 Å². The van der Waals surface area contributed by atoms with E-state index in [0.717, 1.165) is 30.0 Å². The van der Waals surface area contributed by atoms with E-state index in [4.69, 9.17) is 0 Å². The number of rotatable bonds is 3. The molecule has 23 heavy (non-hydrogen) atoms. The van der Waals surface area contributed by atoms with Crippen LogP contribution in [0.4, 0.5) is 0 Å². The van der Waals surface area contributed by atoms with Crippen LogP contribution in [-0.2, 0) is 9.84 Å². The molecule has 0 spiro atoms. The van der Waals surface area contributed by atoms with Crippen LogP contribution in [0.5, 0.6) is 0 Å². The third kappa shape index (κ3) is 3.89. The summed E-state index contributed by atoms with van der Waals surface area (Å²) in [7, 11) is -2.85. The van der Waals surface area contributed by atoms with Crippen LogP contribution in [0.15, 0.2) is 29.2 Å². The molecule has 0 aliphatic carbocycles. The zero-order valence-electron chi connectivity index (χ0n) is 13.3. The average Bonchev–Trinajstić information content (AvgIpc) is 2.94. The van der Waals surface area contributed by atoms with E-state index in [-0.39, 0.29) is 17.7 Å². The second-order valence-electron chi connectivity index (χ2n) is 6.11. The van der Waals surface area contributed by atoms with E-state index in [1.165, 1.54) is 0 Å². The molecule has 0 bridgehead atoms. The maximum atomic E-state index is 12.5. The minimum atomic E-state index is -2.85. The first kappa shape index (κ1) is 16.8. The van der Waals surface area contributed by atoms with E-state index in [1.807, 2.05) is 35.4 Å². The lowest BCUT2D eigenvalue weighted by Gasteiger charge is -2.37. The van der Waals surface area contributed by atoms with Crippen molar-refractivity contribution < 1.29 is 13.2 Å². The Morgan fingerprint density at radius 3 is 2.30 bits per heavy atom. The summed E-state index contributed by atoms with van der Waals surface area (Å²) >= 11 is 1.66. The molecule has 126 valence electrons. The Hall–Kier alpha value is -1.05. The van der Waals surface area contributed by atoms with Crippen molar-refractivity contribution in [3.8, 4) is 0 Å². The Bertz CT molecular complexity index is 665. The molecule has 1 amide bonds. The Kier molecular flexibility index (Phi) is 4.98. The van der Waals surface area contributed by atoms with Crippen LogP contribution < -0.4 is 0 Å². The fourth-order valence-corrected chi connectivity index (χ4v) is 5.44. The van der Waals surface area contributed by atoms with Crippen LogP contribution in [-0.4, -0.2) is 74.1 Å². The molecule has 7 heteroatoms. The molecule has 0 radical (unpaired) electrons. The van der Waals surface area contributed by atoms with Crippen molar-refractivity contribution in [2.45, 2.75) is 17.4 Å². The predicted molar refractivity (Wildman–Crippen MR) is 92.8 cm³/mol. The minimum absolute atomic E-state index is 0.0661. The highest BCUT2D eigenvalue weighted by Gasteiger charge is 2.34. The number of hydrogen-bond acceptors (Lipinski definition) is 5. The highest BCUT2D eigenvalue weighted by atomic mass is 32.2. The van der Waals surface area contributed by atoms with Gasteiger partial charge in [0.05, 0.1) is 11.5 Å². The first-order chi connectivity index (χ1) is 11.0. The summed E-state index contributed by atoms with van der Waals surface area (Å²) in [6, 6.07) is 7.83. The average molecular weight is 354 g/mol. The molecule has 2 heterocycles. The van der Waals surface area contributed by atoms with E-state index in [0.29, 0.717) is 18.8 Å². The van der Waals surface area contributed by atoms with Crippen LogP contribution in [0.2, 0.25) is 0 Å². The molecule has 2 fully saturated rings. The molecule has 1 atom stereocenters. The summed E-state index contributed by atoms with van der Waals surface area (Å²) in [6.07, 6.45) is 2.74. The molecule has 0 N–H and O–H groups in total. The number of nitrogens with zero attached hydrogens (tertiary/aromatic N) is 2. The first-order valence-corrected chi connectivity index (χ1v) is 10.9. The van der Waals surface area contributed by atoms with Crippen molar-refractivity contribution in [3.05, 3.63) is 29.8 Å². The summed E-state index contributed by atoms with van der Waals surface area (Å²) in [5.41, 5.74) is 0.722. The molecule has 2 aliphatic heterocycles. The lowest BCUT2D eigenvalue weighted by Crippen LogP contribution is -2.52. The van der Waals surface area contributed by atoms with Gasteiger partial charge in [-0.1, -0.05) is 0 Å². The minimum Gasteiger partial charge on any atom is -0.336 e. The third-order valence-electron chi connectivity index (χ3n) is 4.66. The molecule has 2 aliphatic rings. The van der Waals surface area contributed by atoms with Crippen molar-refractivity contribution in [1.29, 1.82) is 0 Å². The highest BCUT2D eigenvalue weighted by molar-refractivity contribution is 7.98. The zero-order valence-corrected chi connectivity index (χ0v) is 14.9. The van der Waals surface area contributed by atoms with Gasteiger partial charge in [0.25, 0.3) is 5.91 Å². The van der Waals surface area contributed by atoms with Crippen molar-refractivity contribution in [2.75, 3.05) is 43.9 Å². The maximum Gasteiger partial charge on any atom is 0.253 e. The number of carbonyl (C=O) groups is 1. The smallest absolute Gasteiger partial charge is 0.253 e. The molecule has 2 saturated heterocycles. The van der Waals surface area contributed by atoms with E-state index >= 15 is 0 Å². The maximum absolute atomic E-state index is 12.5. The Morgan fingerprint density at radius 2 is 1.78 bits per heavy atom. The molecule has 0 aromatic heterocycles. The van der Waals surface area contributed by atoms with Crippen LogP contribution in [0.3, 0.4) is 0 Å². The second-order valence-corrected chi connectivity index (χ2v) is 9.22. The Morgan fingerprint density at radius 1 is 1.13 bits per heavy atom. The topological polar surface area (TPSA) is 57.7 Å². The molecule has 5 nitrogen and oxygen atoms in total. The summed E-state index contributed by atoms with van der Waals surface area (Å²) in [6.45, 7) is 2.85. The highest BCUT2D eigenvalue weighted by Crippen LogP contribution is 2.20. The van der Waals surface area contributed by atoms with E-state index in [1.54, 1.807) is 11.8 Å². The lowest BCUT2D eigenvalue weighted by molar-refractivity contribution is 0.0588. The van der Waals surface area contributed by atoms with Gasteiger partial charge in [-0.3, -0.25) is 9.69 Å². The van der Waals surface area contributed by atoms with Gasteiger partial charge in [-0.25, -0.2) is 8.42 Å². The molecular formula is C16H22N2O3S2. The largest absolute Gasteiger partial charge is 0.336 e. The van der Waals surface area contributed by atoms with Gasteiger partial charge in [0, 0.05) is 42.7 Å². The molecule has 1 aromatic rings. The number of amides is 1. The van der Waals surface area contributed by atoms with Gasteiger partial charge >= 0.3 is 0 Å². The SMILES string of the molecule is CSc1ccc(C(=O)N2CCN([C@H]3CCS(=O)(=O)C3)CC2)cc1. The van der Waals surface area contributed by atoms with Crippen molar-refractivity contribution in [2.24, 2.45) is 0 Å². The number of thioether (sulfide) groups is 1. The summed E-state index contributed by atoms with van der Waals surface area (Å²) in [4.78, 5) is 17.8. The van der Waals surface area contributed by atoms with Crippen LogP contribution >= 0.6 is 11.8 Å². The number of carbonyl (C=O) groups excluding carboxylic acids is 1. The number of hydrogen-bond donors (Lipinski definition) is 0. The standard InChI is InChI=1S/C16H22N2O3S2/c1-22-15-4-2-13(3-5-15)16(19)18-9-7-17(8-10-18)14-6-11-23(20,21)12-14/h2-5,14H,6-12H2,1H3/t14-/m0/s1. The zero-order chi connectivity index (χ0) is 16.4. The molecule has 0 saturated carbocycles. The fraction of sp³-hybridized carbons (Fsp3) is 0.562. The number of benzene rings is 1. The molecule has 3 rings (SSSR count). The normalized spacial score (nSPS) is 24.7. The number of piperazine rings is 1. The molecule has 0 unspecified atom stereocenters. The van der Waals surface area contributed by atoms with Crippen molar-refractivity contribution in [3.63, 3.8) is 0 Å². The van der Waals surface area contributed by atoms with E-state index in [2.05, 4.69) is 4.90 Å². The molecule has 1 aromatic carbocycles.